The van der Waals surface area contributed by atoms with Crippen LogP contribution in [-0.2, 0) is 14.8 Å². The molecule has 178 valence electrons. The van der Waals surface area contributed by atoms with E-state index in [9.17, 15) is 18.0 Å². The molecule has 0 spiro atoms. The van der Waals surface area contributed by atoms with E-state index in [0.29, 0.717) is 30.1 Å². The highest BCUT2D eigenvalue weighted by Gasteiger charge is 2.24. The van der Waals surface area contributed by atoms with Crippen molar-refractivity contribution in [3.05, 3.63) is 53.1 Å². The number of nitrogens with zero attached hydrogens (tertiary/aromatic N) is 2. The van der Waals surface area contributed by atoms with Gasteiger partial charge in [0.25, 0.3) is 5.91 Å². The predicted octanol–water partition coefficient (Wildman–Crippen LogP) is 2.04. The lowest BCUT2D eigenvalue weighted by Gasteiger charge is -2.32. The third-order valence-electron chi connectivity index (χ3n) is 5.35. The van der Waals surface area contributed by atoms with Crippen LogP contribution in [0.25, 0.3) is 0 Å². The fourth-order valence-corrected chi connectivity index (χ4v) is 4.86. The zero-order valence-electron chi connectivity index (χ0n) is 18.7. The number of likely N-dealkylation sites (N-methyl/N-ethyl adjacent to an activating group) is 1. The molecule has 0 bridgehead atoms. The third kappa shape index (κ3) is 6.23. The van der Waals surface area contributed by atoms with Crippen molar-refractivity contribution in [3.63, 3.8) is 0 Å². The minimum Gasteiger partial charge on any atom is -0.495 e. The molecule has 0 saturated carbocycles. The van der Waals surface area contributed by atoms with Crippen molar-refractivity contribution in [1.82, 2.24) is 14.5 Å². The van der Waals surface area contributed by atoms with E-state index in [1.807, 2.05) is 7.05 Å². The van der Waals surface area contributed by atoms with E-state index in [-0.39, 0.29) is 15.8 Å². The van der Waals surface area contributed by atoms with Crippen molar-refractivity contribution in [2.45, 2.75) is 17.9 Å². The number of carbonyl (C=O) groups is 2. The Hall–Kier alpha value is -2.66. The summed E-state index contributed by atoms with van der Waals surface area (Å²) >= 11 is 6.01. The largest absolute Gasteiger partial charge is 0.495 e. The molecule has 1 aliphatic rings. The summed E-state index contributed by atoms with van der Waals surface area (Å²) in [5.41, 5.74) is 0.983. The summed E-state index contributed by atoms with van der Waals surface area (Å²) in [6.45, 7) is 4.44. The molecule has 0 aromatic heterocycles. The monoisotopic (exact) mass is 494 g/mol. The van der Waals surface area contributed by atoms with Crippen molar-refractivity contribution >= 4 is 39.1 Å². The normalized spacial score (nSPS) is 15.7. The van der Waals surface area contributed by atoms with Crippen molar-refractivity contribution < 1.29 is 22.7 Å². The van der Waals surface area contributed by atoms with Gasteiger partial charge < -0.3 is 19.9 Å². The van der Waals surface area contributed by atoms with E-state index in [2.05, 4.69) is 14.9 Å². The maximum Gasteiger partial charge on any atom is 0.253 e. The van der Waals surface area contributed by atoms with Gasteiger partial charge >= 0.3 is 0 Å². The molecule has 2 aromatic rings. The lowest BCUT2D eigenvalue weighted by atomic mass is 10.1. The van der Waals surface area contributed by atoms with Crippen LogP contribution in [0.2, 0.25) is 5.02 Å². The van der Waals surface area contributed by atoms with E-state index < -0.39 is 22.0 Å². The smallest absolute Gasteiger partial charge is 0.253 e. The van der Waals surface area contributed by atoms with Crippen LogP contribution in [0.3, 0.4) is 0 Å². The Morgan fingerprint density at radius 1 is 1.06 bits per heavy atom. The lowest BCUT2D eigenvalue weighted by molar-refractivity contribution is -0.117. The third-order valence-corrected chi connectivity index (χ3v) is 7.18. The molecular weight excluding hydrogens is 468 g/mol. The lowest BCUT2D eigenvalue weighted by Crippen LogP contribution is -2.47. The van der Waals surface area contributed by atoms with Gasteiger partial charge in [-0.2, -0.15) is 4.72 Å². The number of anilines is 1. The minimum atomic E-state index is -3.98. The summed E-state index contributed by atoms with van der Waals surface area (Å²) in [4.78, 5) is 29.0. The highest BCUT2D eigenvalue weighted by molar-refractivity contribution is 7.89. The van der Waals surface area contributed by atoms with E-state index >= 15 is 0 Å². The molecule has 0 unspecified atom stereocenters. The quantitative estimate of drug-likeness (QED) is 0.610. The van der Waals surface area contributed by atoms with Crippen LogP contribution in [0.1, 0.15) is 17.3 Å². The summed E-state index contributed by atoms with van der Waals surface area (Å²) in [5, 5.41) is 2.80. The number of halogens is 1. The molecule has 1 atom stereocenters. The SMILES string of the molecule is COc1ccc(S(=O)(=O)N[C@@H](C)C(=O)Nc2ccc(C(=O)N3CCN(C)CC3)cc2)cc1Cl. The van der Waals surface area contributed by atoms with E-state index in [1.165, 1.54) is 32.2 Å². The van der Waals surface area contributed by atoms with Gasteiger partial charge in [-0.3, -0.25) is 9.59 Å². The molecule has 9 nitrogen and oxygen atoms in total. The molecule has 11 heteroatoms. The highest BCUT2D eigenvalue weighted by atomic mass is 35.5. The number of benzene rings is 2. The number of rotatable bonds is 7. The van der Waals surface area contributed by atoms with E-state index in [1.54, 1.807) is 29.2 Å². The van der Waals surface area contributed by atoms with Gasteiger partial charge in [0.05, 0.1) is 23.1 Å². The van der Waals surface area contributed by atoms with Crippen LogP contribution < -0.4 is 14.8 Å². The van der Waals surface area contributed by atoms with Gasteiger partial charge in [-0.25, -0.2) is 8.42 Å². The molecule has 2 aromatic carbocycles. The Labute approximate surface area is 198 Å². The fraction of sp³-hybridized carbons (Fsp3) is 0.364. The van der Waals surface area contributed by atoms with Gasteiger partial charge in [0, 0.05) is 37.4 Å². The number of piperazine rings is 1. The van der Waals surface area contributed by atoms with E-state index in [4.69, 9.17) is 16.3 Å². The first kappa shape index (κ1) is 25.0. The Balaban J connectivity index is 1.60. The summed E-state index contributed by atoms with van der Waals surface area (Å²) in [7, 11) is -0.537. The van der Waals surface area contributed by atoms with Crippen LogP contribution in [0, 0.1) is 0 Å². The molecule has 1 heterocycles. The Morgan fingerprint density at radius 3 is 2.27 bits per heavy atom. The molecule has 2 amide bonds. The van der Waals surface area contributed by atoms with E-state index in [0.717, 1.165) is 13.1 Å². The molecule has 0 aliphatic carbocycles. The van der Waals surface area contributed by atoms with Crippen molar-refractivity contribution in [3.8, 4) is 5.75 Å². The molecular formula is C22H27ClN4O5S. The average Bonchev–Trinajstić information content (AvgIpc) is 2.79. The van der Waals surface area contributed by atoms with Crippen molar-refractivity contribution in [2.75, 3.05) is 45.7 Å². The topological polar surface area (TPSA) is 108 Å². The summed E-state index contributed by atoms with van der Waals surface area (Å²) < 4.78 is 32.6. The fourth-order valence-electron chi connectivity index (χ4n) is 3.31. The Kier molecular flexibility index (Phi) is 7.96. The molecule has 2 N–H and O–H groups in total. The number of sulfonamides is 1. The highest BCUT2D eigenvalue weighted by Crippen LogP contribution is 2.27. The first-order valence-electron chi connectivity index (χ1n) is 10.4. The Bertz CT molecular complexity index is 1120. The number of hydrogen-bond acceptors (Lipinski definition) is 6. The average molecular weight is 495 g/mol. The zero-order chi connectivity index (χ0) is 24.2. The first-order valence-corrected chi connectivity index (χ1v) is 12.2. The van der Waals surface area contributed by atoms with Crippen LogP contribution in [0.4, 0.5) is 5.69 Å². The number of nitrogens with one attached hydrogen (secondary N) is 2. The minimum absolute atomic E-state index is 0.0553. The van der Waals surface area contributed by atoms with Crippen LogP contribution in [0.15, 0.2) is 47.4 Å². The van der Waals surface area contributed by atoms with Gasteiger partial charge in [-0.15, -0.1) is 0 Å². The van der Waals surface area contributed by atoms with Gasteiger partial charge in [0.15, 0.2) is 0 Å². The number of carbonyl (C=O) groups excluding carboxylic acids is 2. The second-order valence-corrected chi connectivity index (χ2v) is 9.92. The van der Waals surface area contributed by atoms with Crippen molar-refractivity contribution in [2.24, 2.45) is 0 Å². The van der Waals surface area contributed by atoms with Gasteiger partial charge in [0.1, 0.15) is 5.75 Å². The van der Waals surface area contributed by atoms with Crippen LogP contribution in [0.5, 0.6) is 5.75 Å². The summed E-state index contributed by atoms with van der Waals surface area (Å²) in [6.07, 6.45) is 0. The standard InChI is InChI=1S/C22H27ClN4O5S/c1-15(25-33(30,31)18-8-9-20(32-3)19(23)14-18)21(28)24-17-6-4-16(5-7-17)22(29)27-12-10-26(2)11-13-27/h4-9,14-15,25H,10-13H2,1-3H3,(H,24,28)/t15-/m0/s1. The molecule has 1 fully saturated rings. The number of hydrogen-bond donors (Lipinski definition) is 2. The summed E-state index contributed by atoms with van der Waals surface area (Å²) in [6, 6.07) is 9.50. The number of ether oxygens (including phenoxy) is 1. The van der Waals surface area contributed by atoms with Crippen LogP contribution in [-0.4, -0.2) is 76.4 Å². The number of methoxy groups -OCH3 is 1. The predicted molar refractivity (Wildman–Crippen MR) is 126 cm³/mol. The first-order chi connectivity index (χ1) is 15.6. The second-order valence-electron chi connectivity index (χ2n) is 7.80. The van der Waals surface area contributed by atoms with Crippen LogP contribution >= 0.6 is 11.6 Å². The van der Waals surface area contributed by atoms with Crippen molar-refractivity contribution in [1.29, 1.82) is 0 Å². The Morgan fingerprint density at radius 2 is 1.70 bits per heavy atom. The maximum atomic E-state index is 12.6. The summed E-state index contributed by atoms with van der Waals surface area (Å²) in [5.74, 6) is -0.257. The van der Waals surface area contributed by atoms with Gasteiger partial charge in [0.2, 0.25) is 15.9 Å². The maximum absolute atomic E-state index is 12.6. The molecule has 3 rings (SSSR count). The molecule has 0 radical (unpaired) electrons. The van der Waals surface area contributed by atoms with Gasteiger partial charge in [-0.1, -0.05) is 11.6 Å². The number of amides is 2. The molecule has 1 saturated heterocycles. The zero-order valence-corrected chi connectivity index (χ0v) is 20.2. The second kappa shape index (κ2) is 10.5. The van der Waals surface area contributed by atoms with Gasteiger partial charge in [-0.05, 0) is 56.4 Å². The molecule has 1 aliphatic heterocycles. The molecule has 33 heavy (non-hydrogen) atoms.